The minimum absolute atomic E-state index is 0.117. The Kier molecular flexibility index (Phi) is 6.87. The number of carbonyl (C=O) groups is 1. The number of hydrogen-bond donors (Lipinski definition) is 1. The summed E-state index contributed by atoms with van der Waals surface area (Å²) in [6.07, 6.45) is 0. The van der Waals surface area contributed by atoms with E-state index in [0.717, 1.165) is 17.1 Å². The Balaban J connectivity index is 1.66. The molecule has 0 saturated carbocycles. The lowest BCUT2D eigenvalue weighted by Gasteiger charge is -2.14. The number of aromatic nitrogens is 3. The number of benzene rings is 2. The van der Waals surface area contributed by atoms with Crippen LogP contribution in [0.1, 0.15) is 25.5 Å². The van der Waals surface area contributed by atoms with Gasteiger partial charge in [0.05, 0.1) is 12.9 Å². The van der Waals surface area contributed by atoms with Crippen LogP contribution in [0.25, 0.3) is 11.4 Å². The number of halogens is 1. The molecule has 0 saturated heterocycles. The predicted molar refractivity (Wildman–Crippen MR) is 111 cm³/mol. The number of thioether (sulfide) groups is 1. The van der Waals surface area contributed by atoms with Crippen LogP contribution in [0, 0.1) is 5.82 Å². The molecule has 6 nitrogen and oxygen atoms in total. The maximum absolute atomic E-state index is 13.7. The van der Waals surface area contributed by atoms with Crippen LogP contribution in [-0.4, -0.2) is 33.5 Å². The number of ether oxygens (including phenoxy) is 1. The highest BCUT2D eigenvalue weighted by Gasteiger charge is 2.18. The van der Waals surface area contributed by atoms with Crippen LogP contribution in [0.3, 0.4) is 0 Å². The molecule has 0 aliphatic carbocycles. The summed E-state index contributed by atoms with van der Waals surface area (Å²) in [6, 6.07) is 14.1. The van der Waals surface area contributed by atoms with E-state index in [1.54, 1.807) is 25.3 Å². The number of nitrogens with zero attached hydrogens (tertiary/aromatic N) is 3. The van der Waals surface area contributed by atoms with Crippen molar-refractivity contribution in [1.29, 1.82) is 0 Å². The van der Waals surface area contributed by atoms with Crippen molar-refractivity contribution in [2.45, 2.75) is 31.6 Å². The van der Waals surface area contributed by atoms with E-state index in [4.69, 9.17) is 4.74 Å². The number of nitrogens with one attached hydrogen (secondary N) is 1. The summed E-state index contributed by atoms with van der Waals surface area (Å²) in [5, 5.41) is 12.0. The highest BCUT2D eigenvalue weighted by Crippen LogP contribution is 2.28. The first kappa shape index (κ1) is 20.9. The highest BCUT2D eigenvalue weighted by molar-refractivity contribution is 7.99. The first-order valence-corrected chi connectivity index (χ1v) is 10.2. The normalized spacial score (nSPS) is 10.9. The number of rotatable bonds is 8. The molecule has 8 heteroatoms. The van der Waals surface area contributed by atoms with Crippen LogP contribution in [-0.2, 0) is 11.3 Å². The van der Waals surface area contributed by atoms with Crippen LogP contribution in [0.2, 0.25) is 0 Å². The van der Waals surface area contributed by atoms with Crippen molar-refractivity contribution in [3.8, 4) is 17.1 Å². The fourth-order valence-electron chi connectivity index (χ4n) is 2.79. The van der Waals surface area contributed by atoms with Crippen molar-refractivity contribution in [1.82, 2.24) is 20.1 Å². The number of amides is 1. The van der Waals surface area contributed by atoms with Crippen LogP contribution in [0.15, 0.2) is 53.7 Å². The number of hydrogen-bond acceptors (Lipinski definition) is 5. The third-order valence-electron chi connectivity index (χ3n) is 4.30. The summed E-state index contributed by atoms with van der Waals surface area (Å²) in [4.78, 5) is 12.2. The van der Waals surface area contributed by atoms with Crippen LogP contribution in [0.4, 0.5) is 4.39 Å². The van der Waals surface area contributed by atoms with Crippen LogP contribution in [0.5, 0.6) is 5.75 Å². The fourth-order valence-corrected chi connectivity index (χ4v) is 3.69. The smallest absolute Gasteiger partial charge is 0.230 e. The lowest BCUT2D eigenvalue weighted by molar-refractivity contribution is -0.118. The minimum Gasteiger partial charge on any atom is -0.497 e. The summed E-state index contributed by atoms with van der Waals surface area (Å²) in [7, 11) is 1.62. The molecular formula is C21H23FN4O2S. The highest BCUT2D eigenvalue weighted by atomic mass is 32.2. The first-order chi connectivity index (χ1) is 14.0. The Labute approximate surface area is 173 Å². The molecule has 29 heavy (non-hydrogen) atoms. The molecule has 0 atom stereocenters. The summed E-state index contributed by atoms with van der Waals surface area (Å²) < 4.78 is 20.9. The maximum atomic E-state index is 13.7. The molecule has 0 aliphatic rings. The summed E-state index contributed by atoms with van der Waals surface area (Å²) >= 11 is 1.30. The van der Waals surface area contributed by atoms with Gasteiger partial charge >= 0.3 is 0 Å². The molecular weight excluding hydrogens is 391 g/mol. The standard InChI is InChI=1S/C21H23FN4O2S/c1-14(2)26-20(15-8-10-17(28-3)11-9-15)24-25-21(26)29-13-19(27)23-12-16-6-4-5-7-18(16)22/h4-11,14H,12-13H2,1-3H3,(H,23,27). The van der Waals surface area contributed by atoms with Gasteiger partial charge in [0.2, 0.25) is 5.91 Å². The Bertz CT molecular complexity index is 973. The molecule has 2 aromatic carbocycles. The van der Waals surface area contributed by atoms with E-state index in [1.807, 2.05) is 42.7 Å². The second kappa shape index (κ2) is 9.56. The summed E-state index contributed by atoms with van der Waals surface area (Å²) in [5.74, 6) is 1.15. The zero-order valence-corrected chi connectivity index (χ0v) is 17.4. The van der Waals surface area contributed by atoms with Gasteiger partial charge in [-0.25, -0.2) is 4.39 Å². The van der Waals surface area contributed by atoms with E-state index >= 15 is 0 Å². The molecule has 0 unspecified atom stereocenters. The second-order valence-corrected chi connectivity index (χ2v) is 7.60. The van der Waals surface area contributed by atoms with E-state index in [-0.39, 0.29) is 30.1 Å². The Morgan fingerprint density at radius 1 is 1.17 bits per heavy atom. The summed E-state index contributed by atoms with van der Waals surface area (Å²) in [5.41, 5.74) is 1.38. The van der Waals surface area contributed by atoms with Crippen molar-refractivity contribution in [2.24, 2.45) is 0 Å². The Hall–Kier alpha value is -2.87. The van der Waals surface area contributed by atoms with Gasteiger partial charge in [-0.05, 0) is 44.2 Å². The van der Waals surface area contributed by atoms with Gasteiger partial charge in [0.25, 0.3) is 0 Å². The Morgan fingerprint density at radius 3 is 2.55 bits per heavy atom. The molecule has 0 fully saturated rings. The maximum Gasteiger partial charge on any atom is 0.230 e. The average Bonchev–Trinajstić information content (AvgIpc) is 3.16. The van der Waals surface area contributed by atoms with Gasteiger partial charge in [-0.3, -0.25) is 9.36 Å². The lowest BCUT2D eigenvalue weighted by Crippen LogP contribution is -2.25. The predicted octanol–water partition coefficient (Wildman–Crippen LogP) is 4.08. The van der Waals surface area contributed by atoms with E-state index in [2.05, 4.69) is 15.5 Å². The molecule has 1 amide bonds. The third-order valence-corrected chi connectivity index (χ3v) is 5.24. The first-order valence-electron chi connectivity index (χ1n) is 9.21. The minimum atomic E-state index is -0.330. The van der Waals surface area contributed by atoms with Gasteiger partial charge in [-0.1, -0.05) is 30.0 Å². The zero-order valence-electron chi connectivity index (χ0n) is 16.6. The molecule has 152 valence electrons. The van der Waals surface area contributed by atoms with Gasteiger partial charge in [0.15, 0.2) is 11.0 Å². The van der Waals surface area contributed by atoms with Crippen LogP contribution < -0.4 is 10.1 Å². The molecule has 1 aromatic heterocycles. The molecule has 3 aromatic rings. The van der Waals surface area contributed by atoms with Crippen molar-refractivity contribution >= 4 is 17.7 Å². The van der Waals surface area contributed by atoms with E-state index in [0.29, 0.717) is 10.7 Å². The van der Waals surface area contributed by atoms with Gasteiger partial charge in [-0.15, -0.1) is 10.2 Å². The zero-order chi connectivity index (χ0) is 20.8. The molecule has 0 radical (unpaired) electrons. The molecule has 1 heterocycles. The second-order valence-electron chi connectivity index (χ2n) is 6.66. The Morgan fingerprint density at radius 2 is 1.90 bits per heavy atom. The lowest BCUT2D eigenvalue weighted by atomic mass is 10.2. The largest absolute Gasteiger partial charge is 0.497 e. The number of carbonyl (C=O) groups excluding carboxylic acids is 1. The van der Waals surface area contributed by atoms with Crippen molar-refractivity contribution in [3.63, 3.8) is 0 Å². The van der Waals surface area contributed by atoms with Gasteiger partial charge in [0, 0.05) is 23.7 Å². The molecule has 0 spiro atoms. The summed E-state index contributed by atoms with van der Waals surface area (Å²) in [6.45, 7) is 4.23. The monoisotopic (exact) mass is 414 g/mol. The van der Waals surface area contributed by atoms with Crippen molar-refractivity contribution in [2.75, 3.05) is 12.9 Å². The average molecular weight is 415 g/mol. The fraction of sp³-hybridized carbons (Fsp3) is 0.286. The van der Waals surface area contributed by atoms with Gasteiger partial charge < -0.3 is 10.1 Å². The molecule has 1 N–H and O–H groups in total. The van der Waals surface area contributed by atoms with Gasteiger partial charge in [-0.2, -0.15) is 0 Å². The van der Waals surface area contributed by atoms with E-state index in [9.17, 15) is 9.18 Å². The van der Waals surface area contributed by atoms with E-state index < -0.39 is 0 Å². The molecule has 3 rings (SSSR count). The molecule has 0 aliphatic heterocycles. The van der Waals surface area contributed by atoms with Crippen LogP contribution >= 0.6 is 11.8 Å². The number of methoxy groups -OCH3 is 1. The third kappa shape index (κ3) is 5.14. The van der Waals surface area contributed by atoms with Crippen molar-refractivity contribution in [3.05, 3.63) is 59.9 Å². The van der Waals surface area contributed by atoms with Gasteiger partial charge in [0.1, 0.15) is 11.6 Å². The molecule has 0 bridgehead atoms. The van der Waals surface area contributed by atoms with E-state index in [1.165, 1.54) is 17.8 Å². The topological polar surface area (TPSA) is 69.0 Å². The SMILES string of the molecule is COc1ccc(-c2nnc(SCC(=O)NCc3ccccc3F)n2C(C)C)cc1. The van der Waals surface area contributed by atoms with Crippen molar-refractivity contribution < 1.29 is 13.9 Å². The quantitative estimate of drug-likeness (QED) is 0.563.